The molecule has 1 heterocycles. The second kappa shape index (κ2) is 6.57. The number of benzene rings is 1. The van der Waals surface area contributed by atoms with Gasteiger partial charge in [-0.1, -0.05) is 13.0 Å². The van der Waals surface area contributed by atoms with Gasteiger partial charge in [0.25, 0.3) is 5.91 Å². The molecular formula is C15H22N2O2. The fourth-order valence-corrected chi connectivity index (χ4v) is 2.60. The van der Waals surface area contributed by atoms with Gasteiger partial charge in [-0.15, -0.1) is 0 Å². The van der Waals surface area contributed by atoms with Crippen LogP contribution in [0.15, 0.2) is 24.3 Å². The second-order valence-electron chi connectivity index (χ2n) is 5.05. The van der Waals surface area contributed by atoms with Crippen LogP contribution in [0.2, 0.25) is 0 Å². The minimum absolute atomic E-state index is 0.0199. The van der Waals surface area contributed by atoms with Crippen molar-refractivity contribution in [2.75, 3.05) is 19.6 Å². The predicted octanol–water partition coefficient (Wildman–Crippen LogP) is 2.00. The van der Waals surface area contributed by atoms with Crippen molar-refractivity contribution in [2.24, 2.45) is 0 Å². The van der Waals surface area contributed by atoms with Crippen molar-refractivity contribution in [3.8, 4) is 5.75 Å². The SMILES string of the molecule is CCCN(C(=O)c1cccc(O)c1)C1CCCNC1. The average molecular weight is 262 g/mol. The summed E-state index contributed by atoms with van der Waals surface area (Å²) in [6.45, 7) is 4.75. The molecule has 0 saturated carbocycles. The van der Waals surface area contributed by atoms with Crippen molar-refractivity contribution in [1.29, 1.82) is 0 Å². The van der Waals surface area contributed by atoms with E-state index < -0.39 is 0 Å². The number of rotatable bonds is 4. The molecule has 1 aromatic rings. The molecule has 1 fully saturated rings. The number of carbonyl (C=O) groups excluding carboxylic acids is 1. The normalized spacial score (nSPS) is 19.1. The highest BCUT2D eigenvalue weighted by molar-refractivity contribution is 5.94. The Labute approximate surface area is 114 Å². The summed E-state index contributed by atoms with van der Waals surface area (Å²) in [5.74, 6) is 0.163. The van der Waals surface area contributed by atoms with E-state index in [2.05, 4.69) is 12.2 Å². The quantitative estimate of drug-likeness (QED) is 0.872. The Morgan fingerprint density at radius 1 is 1.53 bits per heavy atom. The van der Waals surface area contributed by atoms with E-state index >= 15 is 0 Å². The lowest BCUT2D eigenvalue weighted by Crippen LogP contribution is -2.49. The number of hydrogen-bond donors (Lipinski definition) is 2. The van der Waals surface area contributed by atoms with Gasteiger partial charge in [-0.05, 0) is 44.0 Å². The summed E-state index contributed by atoms with van der Waals surface area (Å²) in [7, 11) is 0. The minimum atomic E-state index is 0.0199. The zero-order valence-electron chi connectivity index (χ0n) is 11.4. The summed E-state index contributed by atoms with van der Waals surface area (Å²) in [6.07, 6.45) is 3.11. The predicted molar refractivity (Wildman–Crippen MR) is 75.3 cm³/mol. The van der Waals surface area contributed by atoms with Gasteiger partial charge in [0.2, 0.25) is 0 Å². The van der Waals surface area contributed by atoms with Crippen LogP contribution in [0.3, 0.4) is 0 Å². The second-order valence-corrected chi connectivity index (χ2v) is 5.05. The third kappa shape index (κ3) is 3.47. The van der Waals surface area contributed by atoms with E-state index in [9.17, 15) is 9.90 Å². The van der Waals surface area contributed by atoms with E-state index in [-0.39, 0.29) is 17.7 Å². The van der Waals surface area contributed by atoms with Crippen molar-refractivity contribution in [3.05, 3.63) is 29.8 Å². The summed E-state index contributed by atoms with van der Waals surface area (Å²) in [5.41, 5.74) is 0.569. The largest absolute Gasteiger partial charge is 0.508 e. The molecule has 1 saturated heterocycles. The van der Waals surface area contributed by atoms with E-state index in [1.54, 1.807) is 24.3 Å². The molecule has 104 valence electrons. The Morgan fingerprint density at radius 2 is 2.37 bits per heavy atom. The highest BCUT2D eigenvalue weighted by Gasteiger charge is 2.25. The van der Waals surface area contributed by atoms with Gasteiger partial charge < -0.3 is 15.3 Å². The Hall–Kier alpha value is -1.55. The smallest absolute Gasteiger partial charge is 0.254 e. The first-order valence-electron chi connectivity index (χ1n) is 7.03. The van der Waals surface area contributed by atoms with Crippen LogP contribution in [0.1, 0.15) is 36.5 Å². The average Bonchev–Trinajstić information content (AvgIpc) is 2.45. The summed E-state index contributed by atoms with van der Waals surface area (Å²) in [6, 6.07) is 6.88. The van der Waals surface area contributed by atoms with Crippen LogP contribution >= 0.6 is 0 Å². The van der Waals surface area contributed by atoms with Gasteiger partial charge in [-0.2, -0.15) is 0 Å². The van der Waals surface area contributed by atoms with Crippen molar-refractivity contribution < 1.29 is 9.90 Å². The maximum Gasteiger partial charge on any atom is 0.254 e. The number of nitrogens with zero attached hydrogens (tertiary/aromatic N) is 1. The van der Waals surface area contributed by atoms with Crippen molar-refractivity contribution >= 4 is 5.91 Å². The topological polar surface area (TPSA) is 52.6 Å². The summed E-state index contributed by atoms with van der Waals surface area (Å²) in [5, 5.41) is 12.8. The van der Waals surface area contributed by atoms with E-state index in [1.807, 2.05) is 4.90 Å². The number of aromatic hydroxyl groups is 1. The highest BCUT2D eigenvalue weighted by Crippen LogP contribution is 2.17. The van der Waals surface area contributed by atoms with E-state index in [0.29, 0.717) is 5.56 Å². The molecule has 2 N–H and O–H groups in total. The van der Waals surface area contributed by atoms with Crippen molar-refractivity contribution in [3.63, 3.8) is 0 Å². The van der Waals surface area contributed by atoms with E-state index in [4.69, 9.17) is 0 Å². The molecule has 1 unspecified atom stereocenters. The standard InChI is InChI=1S/C15H22N2O2/c1-2-9-17(13-6-4-8-16-11-13)15(19)12-5-3-7-14(18)10-12/h3,5,7,10,13,16,18H,2,4,6,8-9,11H2,1H3. The summed E-state index contributed by atoms with van der Waals surface area (Å²) in [4.78, 5) is 14.5. The molecule has 1 amide bonds. The van der Waals surface area contributed by atoms with Gasteiger partial charge in [0.15, 0.2) is 0 Å². The number of nitrogens with one attached hydrogen (secondary N) is 1. The molecule has 1 aromatic carbocycles. The number of piperidine rings is 1. The first kappa shape index (κ1) is 13.9. The van der Waals surface area contributed by atoms with Crippen LogP contribution < -0.4 is 5.32 Å². The molecule has 0 bridgehead atoms. The van der Waals surface area contributed by atoms with Gasteiger partial charge in [0, 0.05) is 24.7 Å². The van der Waals surface area contributed by atoms with Crippen LogP contribution in [0.25, 0.3) is 0 Å². The Morgan fingerprint density at radius 3 is 3.00 bits per heavy atom. The lowest BCUT2D eigenvalue weighted by molar-refractivity contribution is 0.0648. The highest BCUT2D eigenvalue weighted by atomic mass is 16.3. The zero-order valence-corrected chi connectivity index (χ0v) is 11.4. The summed E-state index contributed by atoms with van der Waals surface area (Å²) < 4.78 is 0. The molecule has 1 atom stereocenters. The van der Waals surface area contributed by atoms with Crippen LogP contribution in [0, 0.1) is 0 Å². The van der Waals surface area contributed by atoms with E-state index in [0.717, 1.165) is 38.9 Å². The first-order valence-corrected chi connectivity index (χ1v) is 7.03. The molecule has 0 radical (unpaired) electrons. The number of phenolic OH excluding ortho intramolecular Hbond substituents is 1. The number of hydrogen-bond acceptors (Lipinski definition) is 3. The minimum Gasteiger partial charge on any atom is -0.508 e. The fraction of sp³-hybridized carbons (Fsp3) is 0.533. The number of carbonyl (C=O) groups is 1. The number of phenols is 1. The van der Waals surface area contributed by atoms with Gasteiger partial charge in [0.05, 0.1) is 0 Å². The Balaban J connectivity index is 2.15. The van der Waals surface area contributed by atoms with Crippen LogP contribution in [-0.4, -0.2) is 41.6 Å². The lowest BCUT2D eigenvalue weighted by Gasteiger charge is -2.34. The third-order valence-electron chi connectivity index (χ3n) is 3.53. The molecule has 4 nitrogen and oxygen atoms in total. The Kier molecular flexibility index (Phi) is 4.80. The monoisotopic (exact) mass is 262 g/mol. The summed E-state index contributed by atoms with van der Waals surface area (Å²) >= 11 is 0. The molecule has 1 aliphatic heterocycles. The van der Waals surface area contributed by atoms with E-state index in [1.165, 1.54) is 0 Å². The van der Waals surface area contributed by atoms with Gasteiger partial charge >= 0.3 is 0 Å². The van der Waals surface area contributed by atoms with Gasteiger partial charge in [-0.25, -0.2) is 0 Å². The fourth-order valence-electron chi connectivity index (χ4n) is 2.60. The first-order chi connectivity index (χ1) is 9.22. The van der Waals surface area contributed by atoms with Gasteiger partial charge in [-0.3, -0.25) is 4.79 Å². The number of amides is 1. The molecule has 4 heteroatoms. The Bertz CT molecular complexity index is 428. The molecular weight excluding hydrogens is 240 g/mol. The molecule has 1 aliphatic rings. The third-order valence-corrected chi connectivity index (χ3v) is 3.53. The van der Waals surface area contributed by atoms with Crippen LogP contribution in [-0.2, 0) is 0 Å². The van der Waals surface area contributed by atoms with Crippen molar-refractivity contribution in [2.45, 2.75) is 32.2 Å². The molecule has 0 aromatic heterocycles. The maximum atomic E-state index is 12.6. The lowest BCUT2D eigenvalue weighted by atomic mass is 10.0. The van der Waals surface area contributed by atoms with Gasteiger partial charge in [0.1, 0.15) is 5.75 Å². The van der Waals surface area contributed by atoms with Crippen LogP contribution in [0.4, 0.5) is 0 Å². The maximum absolute atomic E-state index is 12.6. The molecule has 0 aliphatic carbocycles. The molecule has 19 heavy (non-hydrogen) atoms. The molecule has 2 rings (SSSR count). The van der Waals surface area contributed by atoms with Crippen molar-refractivity contribution in [1.82, 2.24) is 10.2 Å². The zero-order chi connectivity index (χ0) is 13.7. The molecule has 0 spiro atoms. The van der Waals surface area contributed by atoms with Crippen LogP contribution in [0.5, 0.6) is 5.75 Å².